The molecule has 1 unspecified atom stereocenters. The van der Waals surface area contributed by atoms with Crippen molar-refractivity contribution in [3.05, 3.63) is 42.0 Å². The van der Waals surface area contributed by atoms with E-state index in [1.807, 2.05) is 6.92 Å². The summed E-state index contributed by atoms with van der Waals surface area (Å²) in [4.78, 5) is 21.2. The highest BCUT2D eigenvalue weighted by Gasteiger charge is 2.14. The van der Waals surface area contributed by atoms with E-state index < -0.39 is 0 Å². The first kappa shape index (κ1) is 21.0. The van der Waals surface area contributed by atoms with E-state index in [4.69, 9.17) is 4.98 Å². The van der Waals surface area contributed by atoms with Crippen LogP contribution in [0.5, 0.6) is 0 Å². The molecule has 5 heteroatoms. The normalized spacial score (nSPS) is 12.0. The second kappa shape index (κ2) is 10.8. The van der Waals surface area contributed by atoms with Gasteiger partial charge in [-0.1, -0.05) is 40.0 Å². The van der Waals surface area contributed by atoms with Crippen molar-refractivity contribution in [2.75, 3.05) is 5.32 Å². The molecule has 0 fully saturated rings. The predicted molar refractivity (Wildman–Crippen MR) is 108 cm³/mol. The molecule has 0 radical (unpaired) electrons. The van der Waals surface area contributed by atoms with Crippen LogP contribution in [-0.4, -0.2) is 15.9 Å². The summed E-state index contributed by atoms with van der Waals surface area (Å²) in [5.74, 6) is 0.875. The standard InChI is InChI=1S/C22H30FN3O/c1-4-7-16(6-3)9-14-19-22(26-21(27)8-5-2)24-15-20(25-19)17-10-12-18(23)13-11-17/h10-13,15-16H,4-9,14H2,1-3H3,(H,24,26,27). The van der Waals surface area contributed by atoms with Crippen molar-refractivity contribution in [3.8, 4) is 11.3 Å². The van der Waals surface area contributed by atoms with Crippen LogP contribution in [0.15, 0.2) is 30.5 Å². The summed E-state index contributed by atoms with van der Waals surface area (Å²) in [6.07, 6.45) is 8.17. The van der Waals surface area contributed by atoms with Gasteiger partial charge in [0.1, 0.15) is 5.82 Å². The molecular formula is C22H30FN3O. The van der Waals surface area contributed by atoms with E-state index in [0.29, 0.717) is 23.9 Å². The van der Waals surface area contributed by atoms with Crippen molar-refractivity contribution in [2.45, 2.75) is 65.7 Å². The molecule has 0 saturated carbocycles. The average Bonchev–Trinajstić information content (AvgIpc) is 2.67. The van der Waals surface area contributed by atoms with E-state index in [-0.39, 0.29) is 11.7 Å². The van der Waals surface area contributed by atoms with Crippen LogP contribution < -0.4 is 5.32 Å². The van der Waals surface area contributed by atoms with E-state index in [1.165, 1.54) is 25.0 Å². The molecule has 146 valence electrons. The van der Waals surface area contributed by atoms with Crippen LogP contribution in [0.25, 0.3) is 11.3 Å². The van der Waals surface area contributed by atoms with Gasteiger partial charge in [-0.15, -0.1) is 0 Å². The Hall–Kier alpha value is -2.30. The van der Waals surface area contributed by atoms with E-state index >= 15 is 0 Å². The van der Waals surface area contributed by atoms with Crippen molar-refractivity contribution >= 4 is 11.7 Å². The fraction of sp³-hybridized carbons (Fsp3) is 0.500. The molecule has 1 aromatic heterocycles. The first-order valence-corrected chi connectivity index (χ1v) is 9.99. The highest BCUT2D eigenvalue weighted by molar-refractivity contribution is 5.90. The number of halogens is 1. The Balaban J connectivity index is 2.26. The third kappa shape index (κ3) is 6.42. The van der Waals surface area contributed by atoms with Crippen molar-refractivity contribution < 1.29 is 9.18 Å². The zero-order valence-electron chi connectivity index (χ0n) is 16.6. The maximum Gasteiger partial charge on any atom is 0.225 e. The SMILES string of the molecule is CCCC(=O)Nc1ncc(-c2ccc(F)cc2)nc1CCC(CC)CCC. The second-order valence-corrected chi connectivity index (χ2v) is 6.96. The van der Waals surface area contributed by atoms with Gasteiger partial charge in [-0.3, -0.25) is 4.79 Å². The van der Waals surface area contributed by atoms with Gasteiger partial charge in [0, 0.05) is 12.0 Å². The molecular weight excluding hydrogens is 341 g/mol. The molecule has 1 N–H and O–H groups in total. The van der Waals surface area contributed by atoms with E-state index in [0.717, 1.165) is 36.9 Å². The Morgan fingerprint density at radius 2 is 1.85 bits per heavy atom. The fourth-order valence-electron chi connectivity index (χ4n) is 3.19. The first-order chi connectivity index (χ1) is 13.1. The minimum atomic E-state index is -0.277. The van der Waals surface area contributed by atoms with E-state index in [9.17, 15) is 9.18 Å². The minimum Gasteiger partial charge on any atom is -0.309 e. The van der Waals surface area contributed by atoms with Crippen molar-refractivity contribution in [2.24, 2.45) is 5.92 Å². The van der Waals surface area contributed by atoms with Gasteiger partial charge in [-0.2, -0.15) is 0 Å². The third-order valence-corrected chi connectivity index (χ3v) is 4.78. The zero-order valence-corrected chi connectivity index (χ0v) is 16.6. The maximum atomic E-state index is 13.2. The van der Waals surface area contributed by atoms with Crippen molar-refractivity contribution in [1.82, 2.24) is 9.97 Å². The number of amides is 1. The third-order valence-electron chi connectivity index (χ3n) is 4.78. The van der Waals surface area contributed by atoms with Crippen molar-refractivity contribution in [1.29, 1.82) is 0 Å². The van der Waals surface area contributed by atoms with Gasteiger partial charge in [0.15, 0.2) is 5.82 Å². The molecule has 0 saturated heterocycles. The number of carbonyl (C=O) groups excluding carboxylic acids is 1. The lowest BCUT2D eigenvalue weighted by Gasteiger charge is -2.15. The topological polar surface area (TPSA) is 54.9 Å². The van der Waals surface area contributed by atoms with Gasteiger partial charge in [0.2, 0.25) is 5.91 Å². The summed E-state index contributed by atoms with van der Waals surface area (Å²) >= 11 is 0. The Labute approximate surface area is 161 Å². The summed E-state index contributed by atoms with van der Waals surface area (Å²) in [5.41, 5.74) is 2.31. The number of carbonyl (C=O) groups is 1. The lowest BCUT2D eigenvalue weighted by molar-refractivity contribution is -0.116. The Bertz CT molecular complexity index is 731. The average molecular weight is 372 g/mol. The Kier molecular flexibility index (Phi) is 8.37. The van der Waals surface area contributed by atoms with Gasteiger partial charge in [0.05, 0.1) is 17.6 Å². The van der Waals surface area contributed by atoms with Crippen LogP contribution in [0.3, 0.4) is 0 Å². The highest BCUT2D eigenvalue weighted by Crippen LogP contribution is 2.24. The summed E-state index contributed by atoms with van der Waals surface area (Å²) in [6, 6.07) is 6.23. The summed E-state index contributed by atoms with van der Waals surface area (Å²) in [6.45, 7) is 6.39. The van der Waals surface area contributed by atoms with Crippen LogP contribution in [0.4, 0.5) is 10.2 Å². The number of nitrogens with one attached hydrogen (secondary N) is 1. The fourth-order valence-corrected chi connectivity index (χ4v) is 3.19. The molecule has 1 aromatic carbocycles. The van der Waals surface area contributed by atoms with Gasteiger partial charge in [0.25, 0.3) is 0 Å². The van der Waals surface area contributed by atoms with Gasteiger partial charge >= 0.3 is 0 Å². The van der Waals surface area contributed by atoms with Crippen LogP contribution in [0, 0.1) is 11.7 Å². The van der Waals surface area contributed by atoms with Gasteiger partial charge in [-0.25, -0.2) is 14.4 Å². The molecule has 2 aromatic rings. The lowest BCUT2D eigenvalue weighted by Crippen LogP contribution is -2.15. The molecule has 0 spiro atoms. The first-order valence-electron chi connectivity index (χ1n) is 9.99. The summed E-state index contributed by atoms with van der Waals surface area (Å²) in [7, 11) is 0. The summed E-state index contributed by atoms with van der Waals surface area (Å²) in [5, 5.41) is 2.90. The Morgan fingerprint density at radius 1 is 1.11 bits per heavy atom. The van der Waals surface area contributed by atoms with Crippen LogP contribution in [0.1, 0.15) is 65.0 Å². The number of aryl methyl sites for hydroxylation is 1. The van der Waals surface area contributed by atoms with E-state index in [2.05, 4.69) is 24.1 Å². The highest BCUT2D eigenvalue weighted by atomic mass is 19.1. The van der Waals surface area contributed by atoms with Gasteiger partial charge in [-0.05, 0) is 49.4 Å². The Morgan fingerprint density at radius 3 is 2.48 bits per heavy atom. The van der Waals surface area contributed by atoms with Gasteiger partial charge < -0.3 is 5.32 Å². The van der Waals surface area contributed by atoms with E-state index in [1.54, 1.807) is 18.3 Å². The molecule has 0 aliphatic rings. The molecule has 0 aliphatic heterocycles. The quantitative estimate of drug-likeness (QED) is 0.576. The molecule has 2 rings (SSSR count). The number of hydrogen-bond acceptors (Lipinski definition) is 3. The second-order valence-electron chi connectivity index (χ2n) is 6.96. The number of nitrogens with zero attached hydrogens (tertiary/aromatic N) is 2. The number of hydrogen-bond donors (Lipinski definition) is 1. The minimum absolute atomic E-state index is 0.0387. The maximum absolute atomic E-state index is 13.2. The molecule has 0 aliphatic carbocycles. The molecule has 1 atom stereocenters. The number of benzene rings is 1. The molecule has 0 bridgehead atoms. The number of aromatic nitrogens is 2. The molecule has 1 amide bonds. The summed E-state index contributed by atoms with van der Waals surface area (Å²) < 4.78 is 13.2. The lowest BCUT2D eigenvalue weighted by atomic mass is 9.94. The monoisotopic (exact) mass is 371 g/mol. The van der Waals surface area contributed by atoms with Crippen LogP contribution in [0.2, 0.25) is 0 Å². The van der Waals surface area contributed by atoms with Crippen molar-refractivity contribution in [3.63, 3.8) is 0 Å². The molecule has 4 nitrogen and oxygen atoms in total. The smallest absolute Gasteiger partial charge is 0.225 e. The number of anilines is 1. The zero-order chi connectivity index (χ0) is 19.6. The number of rotatable bonds is 10. The predicted octanol–water partition coefficient (Wildman–Crippen LogP) is 5.78. The molecule has 27 heavy (non-hydrogen) atoms. The van der Waals surface area contributed by atoms with Crippen LogP contribution in [-0.2, 0) is 11.2 Å². The largest absolute Gasteiger partial charge is 0.309 e. The van der Waals surface area contributed by atoms with Crippen LogP contribution >= 0.6 is 0 Å². The molecule has 1 heterocycles.